The van der Waals surface area contributed by atoms with Crippen molar-refractivity contribution in [2.24, 2.45) is 5.92 Å². The number of benzene rings is 2. The number of rotatable bonds is 6. The van der Waals surface area contributed by atoms with Gasteiger partial charge in [0, 0.05) is 25.6 Å². The van der Waals surface area contributed by atoms with E-state index in [4.69, 9.17) is 14.2 Å². The van der Waals surface area contributed by atoms with Gasteiger partial charge in [-0.15, -0.1) is 0 Å². The molecule has 3 fully saturated rings. The van der Waals surface area contributed by atoms with Crippen LogP contribution in [0.15, 0.2) is 42.5 Å². The van der Waals surface area contributed by atoms with Crippen molar-refractivity contribution in [3.8, 4) is 0 Å². The number of likely N-dealkylation sites (tertiary alicyclic amines) is 1. The first-order chi connectivity index (χ1) is 19.7. The first-order valence-electron chi connectivity index (χ1n) is 14.1. The second kappa shape index (κ2) is 12.0. The quantitative estimate of drug-likeness (QED) is 0.372. The summed E-state index contributed by atoms with van der Waals surface area (Å²) in [6, 6.07) is 7.21. The highest BCUT2D eigenvalue weighted by Gasteiger charge is 2.46. The molecule has 0 radical (unpaired) electrons. The van der Waals surface area contributed by atoms with E-state index in [1.807, 2.05) is 0 Å². The van der Waals surface area contributed by atoms with Crippen LogP contribution in [0.25, 0.3) is 0 Å². The van der Waals surface area contributed by atoms with Gasteiger partial charge in [0.25, 0.3) is 0 Å². The summed E-state index contributed by atoms with van der Waals surface area (Å²) < 4.78 is 113. The monoisotopic (exact) mass is 605 g/mol. The van der Waals surface area contributed by atoms with Crippen LogP contribution in [0, 0.1) is 11.7 Å². The van der Waals surface area contributed by atoms with Crippen LogP contribution in [-0.2, 0) is 26.6 Å². The van der Waals surface area contributed by atoms with Gasteiger partial charge in [0.2, 0.25) is 0 Å². The van der Waals surface area contributed by atoms with Gasteiger partial charge in [-0.05, 0) is 80.0 Å². The molecule has 3 heterocycles. The molecule has 0 unspecified atom stereocenters. The maximum Gasteiger partial charge on any atom is 0.416 e. The van der Waals surface area contributed by atoms with Crippen molar-refractivity contribution in [1.29, 1.82) is 0 Å². The Hall–Kier alpha value is -2.25. The van der Waals surface area contributed by atoms with Gasteiger partial charge in [0.05, 0.1) is 42.1 Å². The van der Waals surface area contributed by atoms with Crippen LogP contribution in [0.4, 0.5) is 30.7 Å². The SMILES string of the molecule is C[C@@H](O[C@H]1OCC[C@@H](CN2CCC3(CC2)OCC[C@@H]3O)[C@@H]1c1ccc(F)cc1)c1cc(C(F)(F)F)cc(C(F)(F)F)c1. The molecule has 0 amide bonds. The van der Waals surface area contributed by atoms with E-state index >= 15 is 0 Å². The number of nitrogens with zero attached hydrogens (tertiary/aromatic N) is 1. The Balaban J connectivity index is 1.37. The summed E-state index contributed by atoms with van der Waals surface area (Å²) in [5.74, 6) is -0.964. The van der Waals surface area contributed by atoms with Crippen LogP contribution >= 0.6 is 0 Å². The summed E-state index contributed by atoms with van der Waals surface area (Å²) in [6.45, 7) is 4.19. The molecule has 3 aliphatic heterocycles. The van der Waals surface area contributed by atoms with E-state index in [-0.39, 0.29) is 24.2 Å². The molecule has 0 aliphatic carbocycles. The Kier molecular flexibility index (Phi) is 8.93. The fraction of sp³-hybridized carbons (Fsp3) is 0.600. The zero-order valence-corrected chi connectivity index (χ0v) is 23.1. The minimum Gasteiger partial charge on any atom is -0.390 e. The standard InChI is InChI=1S/C30H34F7NO4/c1-18(21-14-22(29(32,33)34)16-23(15-21)30(35,36)37)42-27-26(19-2-4-24(31)5-3-19)20(6-12-40-27)17-38-10-8-28(9-11-38)25(39)7-13-41-28/h2-5,14-16,18,20,25-27,39H,6-13,17H2,1H3/t18-,20+,25+,26+,27-/m1/s1. The molecule has 12 heteroatoms. The van der Waals surface area contributed by atoms with E-state index in [0.29, 0.717) is 69.6 Å². The lowest BCUT2D eigenvalue weighted by atomic mass is 9.80. The van der Waals surface area contributed by atoms with Crippen LogP contribution in [0.2, 0.25) is 0 Å². The van der Waals surface area contributed by atoms with Gasteiger partial charge in [0.1, 0.15) is 5.82 Å². The van der Waals surface area contributed by atoms with E-state index in [9.17, 15) is 35.8 Å². The molecular formula is C30H34F7NO4. The summed E-state index contributed by atoms with van der Waals surface area (Å²) in [5.41, 5.74) is -2.94. The van der Waals surface area contributed by atoms with Gasteiger partial charge in [-0.3, -0.25) is 0 Å². The maximum absolute atomic E-state index is 13.8. The van der Waals surface area contributed by atoms with Crippen LogP contribution in [0.3, 0.4) is 0 Å². The predicted molar refractivity (Wildman–Crippen MR) is 138 cm³/mol. The first kappa shape index (κ1) is 31.2. The molecule has 2 aromatic rings. The van der Waals surface area contributed by atoms with Gasteiger partial charge in [-0.1, -0.05) is 12.1 Å². The normalized spacial score (nSPS) is 27.8. The molecule has 3 aliphatic rings. The highest BCUT2D eigenvalue weighted by Crippen LogP contribution is 2.43. The van der Waals surface area contributed by atoms with Crippen molar-refractivity contribution in [3.63, 3.8) is 0 Å². The summed E-state index contributed by atoms with van der Waals surface area (Å²) >= 11 is 0. The molecule has 0 bridgehead atoms. The Morgan fingerprint density at radius 1 is 0.952 bits per heavy atom. The third-order valence-corrected chi connectivity index (χ3v) is 8.83. The molecular weight excluding hydrogens is 571 g/mol. The number of hydrogen-bond donors (Lipinski definition) is 1. The minimum absolute atomic E-state index is 0.0582. The third kappa shape index (κ3) is 6.77. The zero-order valence-electron chi connectivity index (χ0n) is 23.1. The molecule has 2 aromatic carbocycles. The average molecular weight is 606 g/mol. The lowest BCUT2D eigenvalue weighted by molar-refractivity contribution is -0.211. The van der Waals surface area contributed by atoms with E-state index in [0.717, 1.165) is 0 Å². The summed E-state index contributed by atoms with van der Waals surface area (Å²) in [4.78, 5) is 2.26. The lowest BCUT2D eigenvalue weighted by Crippen LogP contribution is -2.51. The van der Waals surface area contributed by atoms with E-state index < -0.39 is 59.3 Å². The Bertz CT molecular complexity index is 1180. The lowest BCUT2D eigenvalue weighted by Gasteiger charge is -2.44. The molecule has 42 heavy (non-hydrogen) atoms. The zero-order chi connectivity index (χ0) is 30.3. The van der Waals surface area contributed by atoms with Crippen molar-refractivity contribution in [1.82, 2.24) is 4.90 Å². The fourth-order valence-corrected chi connectivity index (χ4v) is 6.43. The number of piperidine rings is 1. The molecule has 0 saturated carbocycles. The largest absolute Gasteiger partial charge is 0.416 e. The summed E-state index contributed by atoms with van der Waals surface area (Å²) in [5, 5.41) is 10.4. The van der Waals surface area contributed by atoms with Gasteiger partial charge < -0.3 is 24.2 Å². The molecule has 5 rings (SSSR count). The van der Waals surface area contributed by atoms with Crippen LogP contribution in [0.5, 0.6) is 0 Å². The highest BCUT2D eigenvalue weighted by atomic mass is 19.4. The van der Waals surface area contributed by atoms with Gasteiger partial charge >= 0.3 is 12.4 Å². The Morgan fingerprint density at radius 3 is 2.12 bits per heavy atom. The maximum atomic E-state index is 13.8. The topological polar surface area (TPSA) is 51.2 Å². The van der Waals surface area contributed by atoms with Crippen LogP contribution in [0.1, 0.15) is 66.9 Å². The van der Waals surface area contributed by atoms with Gasteiger partial charge in [-0.2, -0.15) is 26.3 Å². The van der Waals surface area contributed by atoms with E-state index in [1.165, 1.54) is 19.1 Å². The second-order valence-electron chi connectivity index (χ2n) is 11.5. The Labute approximate surface area is 239 Å². The number of aliphatic hydroxyl groups is 1. The van der Waals surface area contributed by atoms with Crippen molar-refractivity contribution in [3.05, 3.63) is 70.5 Å². The van der Waals surface area contributed by atoms with Crippen molar-refractivity contribution >= 4 is 0 Å². The first-order valence-corrected chi connectivity index (χ1v) is 14.1. The third-order valence-electron chi connectivity index (χ3n) is 8.83. The molecule has 5 atom stereocenters. The van der Waals surface area contributed by atoms with Crippen molar-refractivity contribution in [2.75, 3.05) is 32.8 Å². The average Bonchev–Trinajstić information content (AvgIpc) is 3.28. The van der Waals surface area contributed by atoms with E-state index in [2.05, 4.69) is 4.90 Å². The molecule has 1 N–H and O–H groups in total. The molecule has 0 aromatic heterocycles. The summed E-state index contributed by atoms with van der Waals surface area (Å²) in [6.07, 6.45) is -10.0. The molecule has 1 spiro atoms. The van der Waals surface area contributed by atoms with Crippen molar-refractivity contribution in [2.45, 2.75) is 75.0 Å². The number of hydrogen-bond acceptors (Lipinski definition) is 5. The molecule has 3 saturated heterocycles. The minimum atomic E-state index is -4.98. The Morgan fingerprint density at radius 2 is 1.57 bits per heavy atom. The van der Waals surface area contributed by atoms with Crippen molar-refractivity contribution < 1.29 is 50.1 Å². The summed E-state index contributed by atoms with van der Waals surface area (Å²) in [7, 11) is 0. The number of alkyl halides is 6. The fourth-order valence-electron chi connectivity index (χ4n) is 6.43. The van der Waals surface area contributed by atoms with Crippen LogP contribution < -0.4 is 0 Å². The van der Waals surface area contributed by atoms with Gasteiger partial charge in [0.15, 0.2) is 6.29 Å². The number of halogens is 7. The smallest absolute Gasteiger partial charge is 0.390 e. The number of aliphatic hydroxyl groups excluding tert-OH is 1. The molecule has 232 valence electrons. The van der Waals surface area contributed by atoms with Crippen LogP contribution in [-0.4, -0.2) is 60.8 Å². The van der Waals surface area contributed by atoms with E-state index in [1.54, 1.807) is 12.1 Å². The predicted octanol–water partition coefficient (Wildman–Crippen LogP) is 6.70. The van der Waals surface area contributed by atoms with Gasteiger partial charge in [-0.25, -0.2) is 4.39 Å². The highest BCUT2D eigenvalue weighted by molar-refractivity contribution is 5.35. The molecule has 5 nitrogen and oxygen atoms in total. The second-order valence-corrected chi connectivity index (χ2v) is 11.5. The number of ether oxygens (including phenoxy) is 3.